The third-order valence-electron chi connectivity index (χ3n) is 5.11. The highest BCUT2D eigenvalue weighted by Crippen LogP contribution is 2.28. The van der Waals surface area contributed by atoms with Crippen LogP contribution in [0.3, 0.4) is 0 Å². The number of carbonyl (C=O) groups is 1. The van der Waals surface area contributed by atoms with Gasteiger partial charge < -0.3 is 4.90 Å². The summed E-state index contributed by atoms with van der Waals surface area (Å²) in [6.45, 7) is 1.58. The Morgan fingerprint density at radius 3 is 2.69 bits per heavy atom. The molecule has 1 fully saturated rings. The van der Waals surface area contributed by atoms with Crippen LogP contribution in [0, 0.1) is 0 Å². The zero-order valence-electron chi connectivity index (χ0n) is 14.6. The van der Waals surface area contributed by atoms with Crippen LogP contribution < -0.4 is 0 Å². The maximum absolute atomic E-state index is 12.7. The fraction of sp³-hybridized carbons (Fsp3) is 0.273. The zero-order valence-corrected chi connectivity index (χ0v) is 15.3. The van der Waals surface area contributed by atoms with Crippen LogP contribution in [-0.2, 0) is 11.2 Å². The number of carbonyl (C=O) groups excluding carboxylic acids is 1. The van der Waals surface area contributed by atoms with E-state index in [0.29, 0.717) is 17.4 Å². The summed E-state index contributed by atoms with van der Waals surface area (Å²) in [6, 6.07) is 18.0. The van der Waals surface area contributed by atoms with Gasteiger partial charge in [0, 0.05) is 41.3 Å². The van der Waals surface area contributed by atoms with Crippen molar-refractivity contribution >= 4 is 28.3 Å². The Balaban J connectivity index is 1.47. The lowest BCUT2D eigenvalue weighted by molar-refractivity contribution is -0.131. The standard InChI is InChI=1S/C22H21ClN2O/c23-20-9-7-16(8-10-20)12-22(26)25-11-3-6-19(15-25)21-13-17-4-1-2-5-18(17)14-24-21/h1-2,4-5,7-10,13-14,19H,3,6,11-12,15H2/t19-/m1/s1. The Hall–Kier alpha value is -2.39. The van der Waals surface area contributed by atoms with Crippen LogP contribution in [0.2, 0.25) is 5.02 Å². The van der Waals surface area contributed by atoms with Crippen molar-refractivity contribution in [3.05, 3.63) is 77.1 Å². The highest BCUT2D eigenvalue weighted by molar-refractivity contribution is 6.30. The Morgan fingerprint density at radius 2 is 1.88 bits per heavy atom. The van der Waals surface area contributed by atoms with Gasteiger partial charge in [-0.25, -0.2) is 0 Å². The van der Waals surface area contributed by atoms with Crippen LogP contribution in [0.15, 0.2) is 60.8 Å². The molecule has 0 aliphatic carbocycles. The van der Waals surface area contributed by atoms with E-state index in [1.54, 1.807) is 0 Å². The molecule has 1 atom stereocenters. The first-order chi connectivity index (χ1) is 12.7. The van der Waals surface area contributed by atoms with E-state index in [2.05, 4.69) is 29.2 Å². The van der Waals surface area contributed by atoms with Crippen LogP contribution >= 0.6 is 11.6 Å². The molecule has 4 heteroatoms. The minimum Gasteiger partial charge on any atom is -0.342 e. The highest BCUT2D eigenvalue weighted by Gasteiger charge is 2.25. The van der Waals surface area contributed by atoms with Crippen LogP contribution in [-0.4, -0.2) is 28.9 Å². The molecule has 2 aromatic carbocycles. The van der Waals surface area contributed by atoms with Crippen molar-refractivity contribution < 1.29 is 4.79 Å². The number of piperidine rings is 1. The summed E-state index contributed by atoms with van der Waals surface area (Å²) in [6.07, 6.45) is 4.47. The van der Waals surface area contributed by atoms with Gasteiger partial charge in [-0.3, -0.25) is 9.78 Å². The van der Waals surface area contributed by atoms with E-state index in [-0.39, 0.29) is 5.91 Å². The van der Waals surface area contributed by atoms with Crippen molar-refractivity contribution in [2.45, 2.75) is 25.2 Å². The number of fused-ring (bicyclic) bond motifs is 1. The molecule has 1 aliphatic heterocycles. The lowest BCUT2D eigenvalue weighted by Crippen LogP contribution is -2.40. The zero-order chi connectivity index (χ0) is 17.9. The second-order valence-electron chi connectivity index (χ2n) is 6.94. The summed E-state index contributed by atoms with van der Waals surface area (Å²) in [5.41, 5.74) is 2.10. The number of rotatable bonds is 3. The Kier molecular flexibility index (Phi) is 4.89. The average Bonchev–Trinajstić information content (AvgIpc) is 2.69. The van der Waals surface area contributed by atoms with Crippen molar-refractivity contribution in [2.75, 3.05) is 13.1 Å². The molecule has 0 radical (unpaired) electrons. The number of likely N-dealkylation sites (tertiary alicyclic amines) is 1. The third kappa shape index (κ3) is 3.73. The molecule has 1 aromatic heterocycles. The van der Waals surface area contributed by atoms with Gasteiger partial charge >= 0.3 is 0 Å². The van der Waals surface area contributed by atoms with E-state index in [9.17, 15) is 4.79 Å². The van der Waals surface area contributed by atoms with E-state index < -0.39 is 0 Å². The lowest BCUT2D eigenvalue weighted by atomic mass is 9.93. The van der Waals surface area contributed by atoms with Crippen molar-refractivity contribution in [3.63, 3.8) is 0 Å². The maximum Gasteiger partial charge on any atom is 0.227 e. The van der Waals surface area contributed by atoms with E-state index in [1.165, 1.54) is 5.39 Å². The summed E-state index contributed by atoms with van der Waals surface area (Å²) in [5, 5.41) is 3.06. The van der Waals surface area contributed by atoms with Crippen molar-refractivity contribution in [3.8, 4) is 0 Å². The number of benzene rings is 2. The first-order valence-electron chi connectivity index (χ1n) is 9.06. The summed E-state index contributed by atoms with van der Waals surface area (Å²) in [7, 11) is 0. The fourth-order valence-corrected chi connectivity index (χ4v) is 3.78. The molecule has 0 bridgehead atoms. The molecule has 0 saturated carbocycles. The van der Waals surface area contributed by atoms with Crippen molar-refractivity contribution in [2.24, 2.45) is 0 Å². The summed E-state index contributed by atoms with van der Waals surface area (Å²) >= 11 is 5.92. The number of nitrogens with zero attached hydrogens (tertiary/aromatic N) is 2. The monoisotopic (exact) mass is 364 g/mol. The second-order valence-corrected chi connectivity index (χ2v) is 7.37. The molecule has 4 rings (SSSR count). The van der Waals surface area contributed by atoms with Crippen LogP contribution in [0.1, 0.15) is 30.0 Å². The number of aromatic nitrogens is 1. The number of halogens is 1. The van der Waals surface area contributed by atoms with Gasteiger partial charge in [0.2, 0.25) is 5.91 Å². The first kappa shape index (κ1) is 17.0. The summed E-state index contributed by atoms with van der Waals surface area (Å²) in [5.74, 6) is 0.486. The van der Waals surface area contributed by atoms with Gasteiger partial charge in [0.05, 0.1) is 6.42 Å². The quantitative estimate of drug-likeness (QED) is 0.666. The topological polar surface area (TPSA) is 33.2 Å². The molecule has 1 aliphatic rings. The number of amides is 1. The van der Waals surface area contributed by atoms with Crippen LogP contribution in [0.4, 0.5) is 0 Å². The van der Waals surface area contributed by atoms with E-state index in [1.807, 2.05) is 41.4 Å². The number of pyridine rings is 1. The van der Waals surface area contributed by atoms with Crippen molar-refractivity contribution in [1.29, 1.82) is 0 Å². The smallest absolute Gasteiger partial charge is 0.227 e. The third-order valence-corrected chi connectivity index (χ3v) is 5.37. The van der Waals surface area contributed by atoms with Gasteiger partial charge in [-0.15, -0.1) is 0 Å². The van der Waals surface area contributed by atoms with E-state index in [4.69, 9.17) is 11.6 Å². The number of hydrogen-bond acceptors (Lipinski definition) is 2. The highest BCUT2D eigenvalue weighted by atomic mass is 35.5. The lowest BCUT2D eigenvalue weighted by Gasteiger charge is -2.32. The largest absolute Gasteiger partial charge is 0.342 e. The van der Waals surface area contributed by atoms with E-state index >= 15 is 0 Å². The van der Waals surface area contributed by atoms with Gasteiger partial charge in [-0.1, -0.05) is 48.0 Å². The molecule has 3 aromatic rings. The summed E-state index contributed by atoms with van der Waals surface area (Å²) in [4.78, 5) is 19.4. The van der Waals surface area contributed by atoms with Gasteiger partial charge in [0.15, 0.2) is 0 Å². The van der Waals surface area contributed by atoms with Gasteiger partial charge in [0.25, 0.3) is 0 Å². The molecule has 132 valence electrons. The molecule has 1 amide bonds. The normalized spacial score (nSPS) is 17.4. The van der Waals surface area contributed by atoms with Crippen LogP contribution in [0.5, 0.6) is 0 Å². The SMILES string of the molecule is O=C(Cc1ccc(Cl)cc1)N1CCC[C@@H](c2cc3ccccc3cn2)C1. The van der Waals surface area contributed by atoms with E-state index in [0.717, 1.165) is 42.6 Å². The predicted molar refractivity (Wildman–Crippen MR) is 105 cm³/mol. The second kappa shape index (κ2) is 7.46. The Morgan fingerprint density at radius 1 is 1.12 bits per heavy atom. The molecule has 0 N–H and O–H groups in total. The molecular formula is C22H21ClN2O. The molecule has 2 heterocycles. The Labute approximate surface area is 158 Å². The maximum atomic E-state index is 12.7. The molecular weight excluding hydrogens is 344 g/mol. The minimum atomic E-state index is 0.179. The van der Waals surface area contributed by atoms with Gasteiger partial charge in [-0.05, 0) is 42.0 Å². The predicted octanol–water partition coefficient (Wildman–Crippen LogP) is 4.84. The first-order valence-corrected chi connectivity index (χ1v) is 9.44. The fourth-order valence-electron chi connectivity index (χ4n) is 3.66. The molecule has 0 unspecified atom stereocenters. The Bertz CT molecular complexity index is 923. The number of hydrogen-bond donors (Lipinski definition) is 0. The minimum absolute atomic E-state index is 0.179. The van der Waals surface area contributed by atoms with Gasteiger partial charge in [-0.2, -0.15) is 0 Å². The molecule has 1 saturated heterocycles. The van der Waals surface area contributed by atoms with Crippen LogP contribution in [0.25, 0.3) is 10.8 Å². The van der Waals surface area contributed by atoms with Crippen molar-refractivity contribution in [1.82, 2.24) is 9.88 Å². The average molecular weight is 365 g/mol. The summed E-state index contributed by atoms with van der Waals surface area (Å²) < 4.78 is 0. The molecule has 3 nitrogen and oxygen atoms in total. The molecule has 0 spiro atoms. The van der Waals surface area contributed by atoms with Gasteiger partial charge in [0.1, 0.15) is 0 Å². The molecule has 26 heavy (non-hydrogen) atoms.